The standard InChI is InChI=1S/C17H25F3N2O/c1-21-9-2-10-22-11-7-16(8-12-22)23-13-14-3-5-15(6-4-14)17(18,19)20/h3-6,16,21H,2,7-13H2,1H3. The van der Waals surface area contributed by atoms with Gasteiger partial charge in [0.05, 0.1) is 18.3 Å². The molecule has 0 saturated carbocycles. The zero-order chi connectivity index (χ0) is 16.7. The van der Waals surface area contributed by atoms with Crippen LogP contribution in [-0.4, -0.2) is 44.2 Å². The third kappa shape index (κ3) is 6.12. The molecule has 1 N–H and O–H groups in total. The van der Waals surface area contributed by atoms with E-state index in [2.05, 4.69) is 10.2 Å². The van der Waals surface area contributed by atoms with E-state index in [0.717, 1.165) is 63.1 Å². The quantitative estimate of drug-likeness (QED) is 0.777. The van der Waals surface area contributed by atoms with Crippen molar-refractivity contribution in [2.24, 2.45) is 0 Å². The number of halogens is 3. The van der Waals surface area contributed by atoms with Crippen LogP contribution in [0.15, 0.2) is 24.3 Å². The molecule has 1 aromatic rings. The van der Waals surface area contributed by atoms with Gasteiger partial charge in [-0.25, -0.2) is 0 Å². The fourth-order valence-electron chi connectivity index (χ4n) is 2.78. The van der Waals surface area contributed by atoms with Crippen LogP contribution < -0.4 is 5.32 Å². The second-order valence-corrected chi connectivity index (χ2v) is 6.00. The third-order valence-electron chi connectivity index (χ3n) is 4.20. The van der Waals surface area contributed by atoms with Crippen molar-refractivity contribution in [1.82, 2.24) is 10.2 Å². The van der Waals surface area contributed by atoms with Crippen molar-refractivity contribution in [3.05, 3.63) is 35.4 Å². The number of alkyl halides is 3. The molecule has 1 saturated heterocycles. The first kappa shape index (κ1) is 18.2. The van der Waals surface area contributed by atoms with Gasteiger partial charge >= 0.3 is 6.18 Å². The molecule has 0 aromatic heterocycles. The number of nitrogens with one attached hydrogen (secondary N) is 1. The maximum atomic E-state index is 12.5. The van der Waals surface area contributed by atoms with E-state index in [4.69, 9.17) is 4.74 Å². The molecule has 2 rings (SSSR count). The lowest BCUT2D eigenvalue weighted by molar-refractivity contribution is -0.137. The van der Waals surface area contributed by atoms with Gasteiger partial charge in [0.1, 0.15) is 0 Å². The molecule has 1 aromatic carbocycles. The molecule has 130 valence electrons. The van der Waals surface area contributed by atoms with Crippen molar-refractivity contribution in [2.45, 2.75) is 38.1 Å². The van der Waals surface area contributed by atoms with E-state index in [1.165, 1.54) is 12.1 Å². The molecular weight excluding hydrogens is 305 g/mol. The molecule has 3 nitrogen and oxygen atoms in total. The third-order valence-corrected chi connectivity index (χ3v) is 4.20. The minimum atomic E-state index is -4.28. The van der Waals surface area contributed by atoms with Gasteiger partial charge in [-0.3, -0.25) is 0 Å². The molecule has 1 fully saturated rings. The average Bonchev–Trinajstić information content (AvgIpc) is 2.54. The maximum absolute atomic E-state index is 12.5. The molecule has 0 atom stereocenters. The Bertz CT molecular complexity index is 454. The molecule has 1 aliphatic rings. The van der Waals surface area contributed by atoms with Crippen molar-refractivity contribution in [3.63, 3.8) is 0 Å². The summed E-state index contributed by atoms with van der Waals surface area (Å²) in [6, 6.07) is 5.22. The number of hydrogen-bond donors (Lipinski definition) is 1. The summed E-state index contributed by atoms with van der Waals surface area (Å²) in [6.07, 6.45) is -0.953. The van der Waals surface area contributed by atoms with Crippen LogP contribution in [0.2, 0.25) is 0 Å². The summed E-state index contributed by atoms with van der Waals surface area (Å²) in [5.74, 6) is 0. The van der Waals surface area contributed by atoms with Gasteiger partial charge in [0.25, 0.3) is 0 Å². The van der Waals surface area contributed by atoms with Gasteiger partial charge < -0.3 is 15.0 Å². The monoisotopic (exact) mass is 330 g/mol. The largest absolute Gasteiger partial charge is 0.416 e. The Hall–Kier alpha value is -1.11. The molecule has 23 heavy (non-hydrogen) atoms. The van der Waals surface area contributed by atoms with Crippen LogP contribution in [0, 0.1) is 0 Å². The predicted octanol–water partition coefficient (Wildman–Crippen LogP) is 3.30. The summed E-state index contributed by atoms with van der Waals surface area (Å²) in [6.45, 7) is 4.57. The predicted molar refractivity (Wildman–Crippen MR) is 84.2 cm³/mol. The molecule has 1 heterocycles. The normalized spacial score (nSPS) is 17.6. The molecule has 0 radical (unpaired) electrons. The fourth-order valence-corrected chi connectivity index (χ4v) is 2.78. The topological polar surface area (TPSA) is 24.5 Å². The highest BCUT2D eigenvalue weighted by Gasteiger charge is 2.30. The smallest absolute Gasteiger partial charge is 0.373 e. The van der Waals surface area contributed by atoms with Crippen molar-refractivity contribution in [3.8, 4) is 0 Å². The summed E-state index contributed by atoms with van der Waals surface area (Å²) < 4.78 is 43.4. The summed E-state index contributed by atoms with van der Waals surface area (Å²) in [7, 11) is 1.96. The van der Waals surface area contributed by atoms with Crippen LogP contribution in [0.1, 0.15) is 30.4 Å². The summed E-state index contributed by atoms with van der Waals surface area (Å²) in [5.41, 5.74) is 0.172. The highest BCUT2D eigenvalue weighted by atomic mass is 19.4. The van der Waals surface area contributed by atoms with Gasteiger partial charge in [-0.05, 0) is 57.1 Å². The molecule has 0 spiro atoms. The van der Waals surface area contributed by atoms with Gasteiger partial charge in [-0.15, -0.1) is 0 Å². The lowest BCUT2D eigenvalue weighted by atomic mass is 10.1. The van der Waals surface area contributed by atoms with E-state index < -0.39 is 11.7 Å². The van der Waals surface area contributed by atoms with Crippen molar-refractivity contribution < 1.29 is 17.9 Å². The Labute approximate surface area is 135 Å². The van der Waals surface area contributed by atoms with Crippen molar-refractivity contribution >= 4 is 0 Å². The number of ether oxygens (including phenoxy) is 1. The SMILES string of the molecule is CNCCCN1CCC(OCc2ccc(C(F)(F)F)cc2)CC1. The van der Waals surface area contributed by atoms with Crippen molar-refractivity contribution in [2.75, 3.05) is 33.2 Å². The van der Waals surface area contributed by atoms with Gasteiger partial charge in [0.2, 0.25) is 0 Å². The van der Waals surface area contributed by atoms with E-state index >= 15 is 0 Å². The number of nitrogens with zero attached hydrogens (tertiary/aromatic N) is 1. The van der Waals surface area contributed by atoms with Gasteiger partial charge in [0.15, 0.2) is 0 Å². The van der Waals surface area contributed by atoms with E-state index in [-0.39, 0.29) is 6.10 Å². The Morgan fingerprint density at radius 3 is 2.39 bits per heavy atom. The molecule has 0 amide bonds. The maximum Gasteiger partial charge on any atom is 0.416 e. The van der Waals surface area contributed by atoms with E-state index in [9.17, 15) is 13.2 Å². The molecular formula is C17H25F3N2O. The van der Waals surface area contributed by atoms with E-state index in [0.29, 0.717) is 6.61 Å². The minimum absolute atomic E-state index is 0.206. The average molecular weight is 330 g/mol. The zero-order valence-corrected chi connectivity index (χ0v) is 13.5. The number of likely N-dealkylation sites (tertiary alicyclic amines) is 1. The minimum Gasteiger partial charge on any atom is -0.373 e. The Balaban J connectivity index is 1.69. The summed E-state index contributed by atoms with van der Waals surface area (Å²) >= 11 is 0. The Kier molecular flexibility index (Phi) is 6.87. The van der Waals surface area contributed by atoms with Gasteiger partial charge in [-0.2, -0.15) is 13.2 Å². The van der Waals surface area contributed by atoms with Crippen LogP contribution in [0.5, 0.6) is 0 Å². The number of benzene rings is 1. The second-order valence-electron chi connectivity index (χ2n) is 6.00. The van der Waals surface area contributed by atoms with E-state index in [1.54, 1.807) is 0 Å². The number of piperidine rings is 1. The van der Waals surface area contributed by atoms with Crippen LogP contribution >= 0.6 is 0 Å². The first-order valence-electron chi connectivity index (χ1n) is 8.13. The first-order chi connectivity index (χ1) is 11.0. The van der Waals surface area contributed by atoms with Crippen LogP contribution in [0.4, 0.5) is 13.2 Å². The summed E-state index contributed by atoms with van der Waals surface area (Å²) in [4.78, 5) is 2.44. The highest BCUT2D eigenvalue weighted by molar-refractivity contribution is 5.24. The molecule has 0 bridgehead atoms. The van der Waals surface area contributed by atoms with Gasteiger partial charge in [-0.1, -0.05) is 12.1 Å². The molecule has 1 aliphatic heterocycles. The molecule has 0 unspecified atom stereocenters. The van der Waals surface area contributed by atoms with Gasteiger partial charge in [0, 0.05) is 13.1 Å². The van der Waals surface area contributed by atoms with Crippen LogP contribution in [-0.2, 0) is 17.5 Å². The summed E-state index contributed by atoms with van der Waals surface area (Å²) in [5, 5.41) is 3.15. The Morgan fingerprint density at radius 1 is 1.17 bits per heavy atom. The zero-order valence-electron chi connectivity index (χ0n) is 13.5. The molecule has 0 aliphatic carbocycles. The molecule has 6 heteroatoms. The number of hydrogen-bond acceptors (Lipinski definition) is 3. The number of rotatable bonds is 7. The fraction of sp³-hybridized carbons (Fsp3) is 0.647. The van der Waals surface area contributed by atoms with E-state index in [1.807, 2.05) is 7.05 Å². The lowest BCUT2D eigenvalue weighted by Gasteiger charge is -2.31. The second kappa shape index (κ2) is 8.66. The van der Waals surface area contributed by atoms with Crippen LogP contribution in [0.25, 0.3) is 0 Å². The highest BCUT2D eigenvalue weighted by Crippen LogP contribution is 2.29. The first-order valence-corrected chi connectivity index (χ1v) is 8.13. The van der Waals surface area contributed by atoms with Crippen molar-refractivity contribution in [1.29, 1.82) is 0 Å². The Morgan fingerprint density at radius 2 is 1.83 bits per heavy atom. The lowest BCUT2D eigenvalue weighted by Crippen LogP contribution is -2.38. The van der Waals surface area contributed by atoms with Crippen LogP contribution in [0.3, 0.4) is 0 Å².